The van der Waals surface area contributed by atoms with Crippen LogP contribution >= 0.6 is 11.6 Å². The summed E-state index contributed by atoms with van der Waals surface area (Å²) in [5.74, 6) is 0. The number of halogens is 1. The zero-order chi connectivity index (χ0) is 21.4. The number of nitrogens with one attached hydrogen (secondary N) is 1. The van der Waals surface area contributed by atoms with Crippen molar-refractivity contribution in [3.63, 3.8) is 0 Å². The van der Waals surface area contributed by atoms with E-state index in [4.69, 9.17) is 26.8 Å². The summed E-state index contributed by atoms with van der Waals surface area (Å²) >= 11 is 6.51. The van der Waals surface area contributed by atoms with Gasteiger partial charge in [0.2, 0.25) is 5.43 Å². The van der Waals surface area contributed by atoms with E-state index in [0.717, 1.165) is 16.5 Å². The Bertz CT molecular complexity index is 1550. The van der Waals surface area contributed by atoms with Gasteiger partial charge in [0, 0.05) is 34.5 Å². The van der Waals surface area contributed by atoms with Gasteiger partial charge in [0.25, 0.3) is 0 Å². The molecule has 5 rings (SSSR count). The first-order valence-electron chi connectivity index (χ1n) is 9.55. The standard InChI is InChI=1S/C24H14ClN5O/c25-18-12-16(11-15-7-4-10-27-20(15)18)22-21(14-5-2-1-3-6-14)30-24-23(29-22)19(31)13-17(28-24)8-9-26/h1-7,10-13H,8H2,(H,28,30,31). The molecule has 0 saturated heterocycles. The summed E-state index contributed by atoms with van der Waals surface area (Å²) in [6.45, 7) is 0. The van der Waals surface area contributed by atoms with Crippen molar-refractivity contribution in [2.45, 2.75) is 6.42 Å². The van der Waals surface area contributed by atoms with Crippen LogP contribution in [0.3, 0.4) is 0 Å². The van der Waals surface area contributed by atoms with Gasteiger partial charge in [-0.25, -0.2) is 9.97 Å². The van der Waals surface area contributed by atoms with Crippen molar-refractivity contribution >= 4 is 33.7 Å². The summed E-state index contributed by atoms with van der Waals surface area (Å²) in [5.41, 5.74) is 4.19. The first kappa shape index (κ1) is 18.9. The molecular weight excluding hydrogens is 410 g/mol. The largest absolute Gasteiger partial charge is 0.341 e. The molecule has 0 radical (unpaired) electrons. The Hall–Kier alpha value is -4.08. The first-order valence-corrected chi connectivity index (χ1v) is 9.93. The number of pyridine rings is 2. The summed E-state index contributed by atoms with van der Waals surface area (Å²) in [6.07, 6.45) is 1.78. The van der Waals surface area contributed by atoms with Gasteiger partial charge in [0.1, 0.15) is 0 Å². The molecule has 0 spiro atoms. The van der Waals surface area contributed by atoms with Crippen molar-refractivity contribution in [1.82, 2.24) is 19.9 Å². The van der Waals surface area contributed by atoms with Crippen LogP contribution in [0.5, 0.6) is 0 Å². The van der Waals surface area contributed by atoms with E-state index in [1.165, 1.54) is 6.07 Å². The third-order valence-electron chi connectivity index (χ3n) is 4.96. The molecule has 0 saturated carbocycles. The maximum absolute atomic E-state index is 12.7. The molecule has 0 atom stereocenters. The van der Waals surface area contributed by atoms with Gasteiger partial charge in [0.05, 0.1) is 34.4 Å². The van der Waals surface area contributed by atoms with Crippen molar-refractivity contribution in [2.75, 3.05) is 0 Å². The van der Waals surface area contributed by atoms with Crippen molar-refractivity contribution in [2.24, 2.45) is 0 Å². The molecule has 31 heavy (non-hydrogen) atoms. The highest BCUT2D eigenvalue weighted by atomic mass is 35.5. The first-order chi connectivity index (χ1) is 15.1. The molecule has 0 fully saturated rings. The fraction of sp³-hybridized carbons (Fsp3) is 0.0417. The van der Waals surface area contributed by atoms with E-state index in [1.807, 2.05) is 54.6 Å². The number of hydrogen-bond acceptors (Lipinski definition) is 5. The molecule has 0 unspecified atom stereocenters. The Morgan fingerprint density at radius 3 is 2.55 bits per heavy atom. The number of fused-ring (bicyclic) bond motifs is 2. The Kier molecular flexibility index (Phi) is 4.66. The lowest BCUT2D eigenvalue weighted by Gasteiger charge is -2.12. The number of aromatic nitrogens is 4. The van der Waals surface area contributed by atoms with Crippen molar-refractivity contribution in [3.05, 3.63) is 87.8 Å². The Morgan fingerprint density at radius 1 is 0.935 bits per heavy atom. The molecule has 0 bridgehead atoms. The summed E-state index contributed by atoms with van der Waals surface area (Å²) in [6, 6.07) is 20.5. The summed E-state index contributed by atoms with van der Waals surface area (Å²) in [4.78, 5) is 29.6. The molecule has 7 heteroatoms. The van der Waals surface area contributed by atoms with Crippen LogP contribution in [0.25, 0.3) is 44.6 Å². The second-order valence-electron chi connectivity index (χ2n) is 7.01. The summed E-state index contributed by atoms with van der Waals surface area (Å²) in [7, 11) is 0. The van der Waals surface area contributed by atoms with Crippen LogP contribution in [0.15, 0.2) is 71.7 Å². The lowest BCUT2D eigenvalue weighted by Crippen LogP contribution is -2.10. The van der Waals surface area contributed by atoms with E-state index in [9.17, 15) is 4.79 Å². The molecule has 0 amide bonds. The molecule has 6 nitrogen and oxygen atoms in total. The molecule has 1 N–H and O–H groups in total. The number of nitriles is 1. The zero-order valence-electron chi connectivity index (χ0n) is 16.1. The van der Waals surface area contributed by atoms with Crippen LogP contribution in [0.2, 0.25) is 5.02 Å². The fourth-order valence-corrected chi connectivity index (χ4v) is 3.85. The van der Waals surface area contributed by atoms with Gasteiger partial charge in [0.15, 0.2) is 11.2 Å². The van der Waals surface area contributed by atoms with Crippen LogP contribution in [0.4, 0.5) is 0 Å². The molecular formula is C24H14ClN5O. The molecule has 0 aliphatic heterocycles. The van der Waals surface area contributed by atoms with Gasteiger partial charge < -0.3 is 4.98 Å². The normalized spacial score (nSPS) is 11.0. The van der Waals surface area contributed by atoms with Gasteiger partial charge in [-0.1, -0.05) is 48.0 Å². The SMILES string of the molecule is N#CCc1cc(=O)c2nc(-c3cc(Cl)c4ncccc4c3)c(-c3ccccc3)nc2[nH]1. The monoisotopic (exact) mass is 423 g/mol. The van der Waals surface area contributed by atoms with Gasteiger partial charge in [-0.05, 0) is 18.2 Å². The van der Waals surface area contributed by atoms with Crippen LogP contribution in [0, 0.1) is 11.3 Å². The van der Waals surface area contributed by atoms with Gasteiger partial charge in [-0.3, -0.25) is 9.78 Å². The average Bonchev–Trinajstić information content (AvgIpc) is 2.79. The molecule has 5 aromatic rings. The van der Waals surface area contributed by atoms with Crippen molar-refractivity contribution in [1.29, 1.82) is 5.26 Å². The van der Waals surface area contributed by atoms with E-state index in [-0.39, 0.29) is 17.4 Å². The smallest absolute Gasteiger partial charge is 0.209 e. The molecule has 0 aliphatic rings. The highest BCUT2D eigenvalue weighted by molar-refractivity contribution is 6.35. The van der Waals surface area contributed by atoms with Gasteiger partial charge in [-0.15, -0.1) is 0 Å². The van der Waals surface area contributed by atoms with Crippen LogP contribution in [-0.2, 0) is 6.42 Å². The molecule has 3 heterocycles. The third kappa shape index (κ3) is 3.41. The molecule has 148 valence electrons. The van der Waals surface area contributed by atoms with Gasteiger partial charge in [-0.2, -0.15) is 5.26 Å². The zero-order valence-corrected chi connectivity index (χ0v) is 16.9. The Morgan fingerprint density at radius 2 is 1.74 bits per heavy atom. The maximum atomic E-state index is 12.7. The number of rotatable bonds is 3. The maximum Gasteiger partial charge on any atom is 0.209 e. The van der Waals surface area contributed by atoms with E-state index >= 15 is 0 Å². The van der Waals surface area contributed by atoms with Crippen LogP contribution in [-0.4, -0.2) is 19.9 Å². The molecule has 0 aliphatic carbocycles. The van der Waals surface area contributed by atoms with Gasteiger partial charge >= 0.3 is 0 Å². The highest BCUT2D eigenvalue weighted by Crippen LogP contribution is 2.34. The minimum Gasteiger partial charge on any atom is -0.341 e. The summed E-state index contributed by atoms with van der Waals surface area (Å²) < 4.78 is 0. The van der Waals surface area contributed by atoms with E-state index in [2.05, 4.69) is 9.97 Å². The van der Waals surface area contributed by atoms with Crippen LogP contribution in [0.1, 0.15) is 5.69 Å². The van der Waals surface area contributed by atoms with Crippen LogP contribution < -0.4 is 5.43 Å². The number of aromatic amines is 1. The average molecular weight is 424 g/mol. The summed E-state index contributed by atoms with van der Waals surface area (Å²) in [5, 5.41) is 10.4. The number of H-pyrrole nitrogens is 1. The number of benzene rings is 2. The fourth-order valence-electron chi connectivity index (χ4n) is 3.57. The number of nitrogens with zero attached hydrogens (tertiary/aromatic N) is 4. The Balaban J connectivity index is 1.85. The molecule has 2 aromatic carbocycles. The second kappa shape index (κ2) is 7.63. The molecule has 3 aromatic heterocycles. The van der Waals surface area contributed by atoms with Crippen molar-refractivity contribution in [3.8, 4) is 28.6 Å². The minimum absolute atomic E-state index is 0.0859. The van der Waals surface area contributed by atoms with E-state index in [1.54, 1.807) is 12.3 Å². The predicted molar refractivity (Wildman–Crippen MR) is 121 cm³/mol. The quantitative estimate of drug-likeness (QED) is 0.444. The predicted octanol–water partition coefficient (Wildman–Crippen LogP) is 4.92. The van der Waals surface area contributed by atoms with E-state index in [0.29, 0.717) is 33.3 Å². The highest BCUT2D eigenvalue weighted by Gasteiger charge is 2.17. The minimum atomic E-state index is -0.291. The third-order valence-corrected chi connectivity index (χ3v) is 5.25. The lowest BCUT2D eigenvalue weighted by atomic mass is 10.0. The number of hydrogen-bond donors (Lipinski definition) is 1. The van der Waals surface area contributed by atoms with E-state index < -0.39 is 0 Å². The topological polar surface area (TPSA) is 95.3 Å². The lowest BCUT2D eigenvalue weighted by molar-refractivity contribution is 1.10. The second-order valence-corrected chi connectivity index (χ2v) is 7.42. The van der Waals surface area contributed by atoms with Crippen molar-refractivity contribution < 1.29 is 0 Å². The Labute approximate surface area is 181 Å².